The summed E-state index contributed by atoms with van der Waals surface area (Å²) in [6.45, 7) is -0.874. The van der Waals surface area contributed by atoms with Crippen LogP contribution in [0.25, 0.3) is 0 Å². The van der Waals surface area contributed by atoms with Crippen LogP contribution in [0.2, 0.25) is 0 Å². The molecule has 84 valence electrons. The Morgan fingerprint density at radius 1 is 1.40 bits per heavy atom. The van der Waals surface area contributed by atoms with Crippen molar-refractivity contribution in [1.82, 2.24) is 0 Å². The van der Waals surface area contributed by atoms with E-state index in [4.69, 9.17) is 5.11 Å². The number of aliphatic hydroxyl groups is 1. The van der Waals surface area contributed by atoms with E-state index in [0.29, 0.717) is 5.92 Å². The summed E-state index contributed by atoms with van der Waals surface area (Å²) in [5.74, 6) is 0.464. The van der Waals surface area contributed by atoms with Crippen LogP contribution in [0.15, 0.2) is 23.8 Å². The van der Waals surface area contributed by atoms with Gasteiger partial charge in [-0.05, 0) is 30.8 Å². The number of alkyl halides is 3. The van der Waals surface area contributed by atoms with Crippen molar-refractivity contribution in [3.63, 3.8) is 0 Å². The zero-order valence-corrected chi connectivity index (χ0v) is 8.22. The summed E-state index contributed by atoms with van der Waals surface area (Å²) < 4.78 is 38.1. The van der Waals surface area contributed by atoms with Gasteiger partial charge in [0.2, 0.25) is 0 Å². The molecular formula is C11H13F3O. The fourth-order valence-electron chi connectivity index (χ4n) is 1.83. The first-order valence-electron chi connectivity index (χ1n) is 5.05. The first-order chi connectivity index (χ1) is 6.98. The summed E-state index contributed by atoms with van der Waals surface area (Å²) in [5.41, 5.74) is -1.05. The summed E-state index contributed by atoms with van der Waals surface area (Å²) in [4.78, 5) is 0. The van der Waals surface area contributed by atoms with E-state index in [1.165, 1.54) is 6.08 Å². The van der Waals surface area contributed by atoms with E-state index in [1.807, 2.05) is 0 Å². The molecule has 0 bridgehead atoms. The molecule has 1 atom stereocenters. The molecule has 2 aliphatic carbocycles. The van der Waals surface area contributed by atoms with Gasteiger partial charge in [-0.3, -0.25) is 0 Å². The van der Waals surface area contributed by atoms with E-state index in [-0.39, 0.29) is 6.42 Å². The summed E-state index contributed by atoms with van der Waals surface area (Å²) in [6, 6.07) is 0. The zero-order chi connectivity index (χ0) is 11.1. The maximum Gasteiger partial charge on any atom is 0.400 e. The number of hydrogen-bond acceptors (Lipinski definition) is 1. The number of halogens is 3. The third-order valence-electron chi connectivity index (χ3n) is 3.19. The summed E-state index contributed by atoms with van der Waals surface area (Å²) in [7, 11) is 0. The third kappa shape index (κ3) is 1.83. The van der Waals surface area contributed by atoms with Crippen LogP contribution in [-0.4, -0.2) is 17.9 Å². The third-order valence-corrected chi connectivity index (χ3v) is 3.19. The van der Waals surface area contributed by atoms with Crippen molar-refractivity contribution >= 4 is 0 Å². The lowest BCUT2D eigenvalue weighted by Gasteiger charge is -2.32. The Morgan fingerprint density at radius 2 is 2.07 bits per heavy atom. The zero-order valence-electron chi connectivity index (χ0n) is 8.22. The molecule has 1 fully saturated rings. The maximum atomic E-state index is 12.7. The highest BCUT2D eigenvalue weighted by Gasteiger charge is 2.52. The minimum absolute atomic E-state index is 0.130. The second-order valence-electron chi connectivity index (χ2n) is 4.33. The highest BCUT2D eigenvalue weighted by Crippen LogP contribution is 2.47. The van der Waals surface area contributed by atoms with E-state index < -0.39 is 18.2 Å². The Bertz CT molecular complexity index is 312. The van der Waals surface area contributed by atoms with Gasteiger partial charge in [-0.25, -0.2) is 0 Å². The molecule has 2 aliphatic rings. The highest BCUT2D eigenvalue weighted by atomic mass is 19.4. The minimum atomic E-state index is -4.37. The first kappa shape index (κ1) is 10.7. The van der Waals surface area contributed by atoms with Crippen molar-refractivity contribution in [3.8, 4) is 0 Å². The van der Waals surface area contributed by atoms with Crippen LogP contribution < -0.4 is 0 Å². The van der Waals surface area contributed by atoms with Gasteiger partial charge in [0.15, 0.2) is 0 Å². The van der Waals surface area contributed by atoms with Crippen LogP contribution in [0.3, 0.4) is 0 Å². The molecule has 2 rings (SSSR count). The predicted octanol–water partition coefficient (Wildman–Crippen LogP) is 2.82. The predicted molar refractivity (Wildman–Crippen MR) is 50.1 cm³/mol. The number of allylic oxidation sites excluding steroid dienone is 3. The van der Waals surface area contributed by atoms with E-state index in [0.717, 1.165) is 24.5 Å². The lowest BCUT2D eigenvalue weighted by molar-refractivity contribution is -0.215. The van der Waals surface area contributed by atoms with Crippen molar-refractivity contribution in [2.24, 2.45) is 11.3 Å². The maximum absolute atomic E-state index is 12.7. The topological polar surface area (TPSA) is 20.2 Å². The van der Waals surface area contributed by atoms with Crippen LogP contribution in [-0.2, 0) is 0 Å². The van der Waals surface area contributed by atoms with Gasteiger partial charge in [0.05, 0.1) is 6.61 Å². The number of rotatable bonds is 2. The molecule has 0 aromatic rings. The second kappa shape index (κ2) is 3.37. The standard InChI is InChI=1S/C11H13F3O/c12-11(13,14)10(7-15)5-3-9(4-6-10)8-1-2-8/h3-5,8,15H,1-2,6-7H2. The van der Waals surface area contributed by atoms with Gasteiger partial charge in [0.1, 0.15) is 5.41 Å². The normalized spacial score (nSPS) is 31.6. The monoisotopic (exact) mass is 218 g/mol. The van der Waals surface area contributed by atoms with Crippen molar-refractivity contribution < 1.29 is 18.3 Å². The molecule has 0 saturated heterocycles. The van der Waals surface area contributed by atoms with Crippen molar-refractivity contribution in [2.45, 2.75) is 25.4 Å². The fraction of sp³-hybridized carbons (Fsp3) is 0.636. The largest absolute Gasteiger partial charge is 0.400 e. The van der Waals surface area contributed by atoms with Crippen LogP contribution in [0, 0.1) is 11.3 Å². The van der Waals surface area contributed by atoms with E-state index in [9.17, 15) is 13.2 Å². The molecule has 0 spiro atoms. The van der Waals surface area contributed by atoms with E-state index in [2.05, 4.69) is 0 Å². The molecule has 15 heavy (non-hydrogen) atoms. The molecule has 1 unspecified atom stereocenters. The van der Waals surface area contributed by atoms with Gasteiger partial charge in [0.25, 0.3) is 0 Å². The van der Waals surface area contributed by atoms with Crippen molar-refractivity contribution in [1.29, 1.82) is 0 Å². The van der Waals surface area contributed by atoms with Crippen molar-refractivity contribution in [2.75, 3.05) is 6.61 Å². The molecule has 0 radical (unpaired) electrons. The molecule has 1 nitrogen and oxygen atoms in total. The van der Waals surface area contributed by atoms with Gasteiger partial charge >= 0.3 is 6.18 Å². The van der Waals surface area contributed by atoms with Crippen LogP contribution in [0.4, 0.5) is 13.2 Å². The fourth-order valence-corrected chi connectivity index (χ4v) is 1.83. The van der Waals surface area contributed by atoms with Crippen LogP contribution in [0.1, 0.15) is 19.3 Å². The van der Waals surface area contributed by atoms with Gasteiger partial charge in [0, 0.05) is 0 Å². The molecular weight excluding hydrogens is 205 g/mol. The summed E-state index contributed by atoms with van der Waals surface area (Å²) in [5, 5.41) is 8.92. The molecule has 4 heteroatoms. The Morgan fingerprint density at radius 3 is 2.40 bits per heavy atom. The average molecular weight is 218 g/mol. The summed E-state index contributed by atoms with van der Waals surface area (Å²) in [6.07, 6.45) is 1.94. The molecule has 0 heterocycles. The van der Waals surface area contributed by atoms with Crippen LogP contribution in [0.5, 0.6) is 0 Å². The Balaban J connectivity index is 2.16. The smallest absolute Gasteiger partial charge is 0.395 e. The second-order valence-corrected chi connectivity index (χ2v) is 4.33. The van der Waals surface area contributed by atoms with Crippen LogP contribution >= 0.6 is 0 Å². The molecule has 0 amide bonds. The Kier molecular flexibility index (Phi) is 2.41. The van der Waals surface area contributed by atoms with Gasteiger partial charge in [-0.2, -0.15) is 13.2 Å². The SMILES string of the molecule is OCC1(C(F)(F)F)C=CC(C2CC2)=CC1. The van der Waals surface area contributed by atoms with Crippen molar-refractivity contribution in [3.05, 3.63) is 23.8 Å². The quantitative estimate of drug-likeness (QED) is 0.755. The summed E-state index contributed by atoms with van der Waals surface area (Å²) >= 11 is 0. The molecule has 0 aromatic heterocycles. The van der Waals surface area contributed by atoms with E-state index in [1.54, 1.807) is 6.08 Å². The highest BCUT2D eigenvalue weighted by molar-refractivity contribution is 5.32. The average Bonchev–Trinajstić information content (AvgIpc) is 2.99. The molecule has 0 aromatic carbocycles. The lowest BCUT2D eigenvalue weighted by Crippen LogP contribution is -2.40. The lowest BCUT2D eigenvalue weighted by atomic mass is 9.79. The molecule has 0 aliphatic heterocycles. The van der Waals surface area contributed by atoms with Gasteiger partial charge in [-0.15, -0.1) is 0 Å². The van der Waals surface area contributed by atoms with E-state index >= 15 is 0 Å². The first-order valence-corrected chi connectivity index (χ1v) is 5.05. The van der Waals surface area contributed by atoms with Gasteiger partial charge < -0.3 is 5.11 Å². The number of aliphatic hydroxyl groups excluding tert-OH is 1. The minimum Gasteiger partial charge on any atom is -0.395 e. The Labute approximate surface area is 86.3 Å². The number of hydrogen-bond donors (Lipinski definition) is 1. The van der Waals surface area contributed by atoms with Gasteiger partial charge in [-0.1, -0.05) is 18.2 Å². The molecule has 1 saturated carbocycles. The Hall–Kier alpha value is -0.770. The molecule has 1 N–H and O–H groups in total.